The van der Waals surface area contributed by atoms with E-state index in [-0.39, 0.29) is 5.41 Å². The third kappa shape index (κ3) is 4.49. The first-order chi connectivity index (χ1) is 29.0. The van der Waals surface area contributed by atoms with Crippen LogP contribution < -0.4 is 0 Å². The molecule has 6 aromatic carbocycles. The van der Waals surface area contributed by atoms with Crippen molar-refractivity contribution in [3.8, 4) is 101 Å². The van der Waals surface area contributed by atoms with Crippen LogP contribution in [0, 0.1) is 0 Å². The van der Waals surface area contributed by atoms with Crippen molar-refractivity contribution >= 4 is 21.5 Å². The third-order valence-electron chi connectivity index (χ3n) is 13.2. The van der Waals surface area contributed by atoms with Gasteiger partial charge in [-0.2, -0.15) is 0 Å². The normalized spacial score (nSPS) is 13.4. The topological polar surface area (TPSA) is 51.6 Å². The quantitative estimate of drug-likeness (QED) is 0.180. The van der Waals surface area contributed by atoms with Gasteiger partial charge in [-0.05, 0) is 160 Å². The van der Waals surface area contributed by atoms with Crippen LogP contribution in [0.3, 0.4) is 0 Å². The Labute approximate surface area is 341 Å². The molecule has 0 amide bonds. The van der Waals surface area contributed by atoms with Gasteiger partial charge >= 0.3 is 0 Å². The van der Waals surface area contributed by atoms with Crippen LogP contribution in [-0.2, 0) is 5.41 Å². The summed E-state index contributed by atoms with van der Waals surface area (Å²) in [7, 11) is 0. The zero-order chi connectivity index (χ0) is 39.0. The minimum absolute atomic E-state index is 0.168. The molecular formula is C55H34N4. The summed E-state index contributed by atoms with van der Waals surface area (Å²) in [6, 6.07) is 53.1. The van der Waals surface area contributed by atoms with E-state index in [0.29, 0.717) is 0 Å². The fraction of sp³-hybridized carbons (Fsp3) is 0.0545. The van der Waals surface area contributed by atoms with Crippen molar-refractivity contribution in [1.29, 1.82) is 0 Å². The van der Waals surface area contributed by atoms with Crippen LogP contribution in [0.25, 0.3) is 122 Å². The van der Waals surface area contributed by atoms with Crippen LogP contribution in [0.1, 0.15) is 25.0 Å². The summed E-state index contributed by atoms with van der Waals surface area (Å²) < 4.78 is 0. The van der Waals surface area contributed by atoms with Crippen molar-refractivity contribution in [2.75, 3.05) is 0 Å². The molecule has 13 rings (SSSR count). The van der Waals surface area contributed by atoms with E-state index in [4.69, 9.17) is 9.97 Å². The van der Waals surface area contributed by atoms with Crippen LogP contribution in [0.4, 0.5) is 0 Å². The molecule has 0 aliphatic heterocycles. The molecule has 3 aliphatic rings. The second-order valence-corrected chi connectivity index (χ2v) is 16.6. The summed E-state index contributed by atoms with van der Waals surface area (Å²) in [6.45, 7) is 4.81. The number of nitrogens with zero attached hydrogens (tertiary/aromatic N) is 4. The zero-order valence-electron chi connectivity index (χ0n) is 32.5. The van der Waals surface area contributed by atoms with E-state index >= 15 is 0 Å². The average Bonchev–Trinajstić information content (AvgIpc) is 3.87. The fourth-order valence-electron chi connectivity index (χ4n) is 10.4. The molecule has 0 atom stereocenters. The van der Waals surface area contributed by atoms with Gasteiger partial charge in [-0.25, -0.2) is 0 Å². The van der Waals surface area contributed by atoms with E-state index in [1.165, 1.54) is 99.4 Å². The zero-order valence-corrected chi connectivity index (χ0v) is 32.5. The van der Waals surface area contributed by atoms with E-state index in [2.05, 4.69) is 133 Å². The van der Waals surface area contributed by atoms with Gasteiger partial charge in [0.15, 0.2) is 0 Å². The van der Waals surface area contributed by atoms with Crippen molar-refractivity contribution in [3.63, 3.8) is 0 Å². The molecule has 0 fully saturated rings. The molecule has 3 aliphatic carbocycles. The lowest BCUT2D eigenvalue weighted by atomic mass is 9.80. The standard InChI is InChI=1S/C55H34N4/c1-55(2)47-27-43-39-19-17-33(31-15-21-51(58-29-31)49-13-3-5-23-56-49)35-9-7-11-37(53(35)39)41(43)25-45(47)46-26-42-38-12-8-10-36-34(18-20-40(54(36)38)44(42)28-48(46)55)32-16-22-52(59-30-32)50-14-4-6-24-57-50/h3-30H,1-2H3. The van der Waals surface area contributed by atoms with Gasteiger partial charge in [0.2, 0.25) is 0 Å². The summed E-state index contributed by atoms with van der Waals surface area (Å²) in [4.78, 5) is 18.6. The number of pyridine rings is 4. The lowest BCUT2D eigenvalue weighted by molar-refractivity contribution is 0.661. The Hall–Kier alpha value is -7.56. The number of fused-ring (bicyclic) bond motifs is 9. The maximum atomic E-state index is 4.82. The molecule has 4 nitrogen and oxygen atoms in total. The molecule has 274 valence electrons. The van der Waals surface area contributed by atoms with Crippen LogP contribution in [0.15, 0.2) is 170 Å². The number of aromatic nitrogens is 4. The molecule has 4 heteroatoms. The molecule has 4 heterocycles. The summed E-state index contributed by atoms with van der Waals surface area (Å²) in [5.74, 6) is 0. The maximum Gasteiger partial charge on any atom is 0.0886 e. The Kier molecular flexibility index (Phi) is 6.48. The number of rotatable bonds is 4. The average molecular weight is 751 g/mol. The SMILES string of the molecule is CC1(C)c2cc3c(cc2-c2cc4c(cc21)-c1ccc(-c2ccc(-c5ccccn5)nc2)c2cccc-4c12)-c1cccc2c(-c4ccc(-c5ccccn5)nc4)ccc-3c12. The molecule has 0 bridgehead atoms. The summed E-state index contributed by atoms with van der Waals surface area (Å²) in [5.41, 5.74) is 23.9. The third-order valence-corrected chi connectivity index (χ3v) is 13.2. The second kappa shape index (κ2) is 11.7. The first kappa shape index (κ1) is 32.5. The Bertz CT molecular complexity index is 3190. The largest absolute Gasteiger partial charge is 0.255 e. The highest BCUT2D eigenvalue weighted by atomic mass is 14.8. The Balaban J connectivity index is 0.914. The summed E-state index contributed by atoms with van der Waals surface area (Å²) in [6.07, 6.45) is 7.60. The summed E-state index contributed by atoms with van der Waals surface area (Å²) >= 11 is 0. The number of hydrogen-bond donors (Lipinski definition) is 0. The van der Waals surface area contributed by atoms with Gasteiger partial charge in [0.1, 0.15) is 0 Å². The number of benzene rings is 6. The molecule has 10 aromatic rings. The molecular weight excluding hydrogens is 717 g/mol. The van der Waals surface area contributed by atoms with Gasteiger partial charge in [-0.15, -0.1) is 0 Å². The lowest BCUT2D eigenvalue weighted by Crippen LogP contribution is -2.15. The first-order valence-electron chi connectivity index (χ1n) is 20.3. The predicted octanol–water partition coefficient (Wildman–Crippen LogP) is 13.8. The van der Waals surface area contributed by atoms with Gasteiger partial charge < -0.3 is 0 Å². The number of hydrogen-bond acceptors (Lipinski definition) is 4. The van der Waals surface area contributed by atoms with Crippen molar-refractivity contribution in [2.45, 2.75) is 19.3 Å². The molecule has 0 radical (unpaired) electrons. The van der Waals surface area contributed by atoms with E-state index in [0.717, 1.165) is 33.9 Å². The van der Waals surface area contributed by atoms with Crippen LogP contribution in [0.5, 0.6) is 0 Å². The second-order valence-electron chi connectivity index (χ2n) is 16.6. The van der Waals surface area contributed by atoms with E-state index in [1.807, 2.05) is 61.2 Å². The molecule has 0 saturated heterocycles. The Morgan fingerprint density at radius 3 is 1.17 bits per heavy atom. The predicted molar refractivity (Wildman–Crippen MR) is 241 cm³/mol. The lowest BCUT2D eigenvalue weighted by Gasteiger charge is -2.23. The fourth-order valence-corrected chi connectivity index (χ4v) is 10.4. The molecule has 4 aromatic heterocycles. The van der Waals surface area contributed by atoms with Gasteiger partial charge in [0, 0.05) is 41.3 Å². The first-order valence-corrected chi connectivity index (χ1v) is 20.3. The molecule has 0 spiro atoms. The van der Waals surface area contributed by atoms with Gasteiger partial charge in [-0.1, -0.05) is 98.8 Å². The van der Waals surface area contributed by atoms with Crippen LogP contribution >= 0.6 is 0 Å². The molecule has 0 saturated carbocycles. The molecule has 59 heavy (non-hydrogen) atoms. The Morgan fingerprint density at radius 1 is 0.322 bits per heavy atom. The smallest absolute Gasteiger partial charge is 0.0886 e. The highest BCUT2D eigenvalue weighted by Gasteiger charge is 2.40. The van der Waals surface area contributed by atoms with Gasteiger partial charge in [0.25, 0.3) is 0 Å². The Morgan fingerprint density at radius 2 is 0.746 bits per heavy atom. The molecule has 0 N–H and O–H groups in total. The van der Waals surface area contributed by atoms with Crippen LogP contribution in [0.2, 0.25) is 0 Å². The van der Waals surface area contributed by atoms with Crippen LogP contribution in [-0.4, -0.2) is 19.9 Å². The maximum absolute atomic E-state index is 4.82. The minimum atomic E-state index is -0.168. The summed E-state index contributed by atoms with van der Waals surface area (Å²) in [5, 5.41) is 5.16. The van der Waals surface area contributed by atoms with Crippen molar-refractivity contribution in [3.05, 3.63) is 182 Å². The minimum Gasteiger partial charge on any atom is -0.255 e. The van der Waals surface area contributed by atoms with E-state index < -0.39 is 0 Å². The highest BCUT2D eigenvalue weighted by molar-refractivity contribution is 6.21. The van der Waals surface area contributed by atoms with E-state index in [9.17, 15) is 0 Å². The monoisotopic (exact) mass is 750 g/mol. The van der Waals surface area contributed by atoms with Gasteiger partial charge in [-0.3, -0.25) is 19.9 Å². The van der Waals surface area contributed by atoms with Gasteiger partial charge in [0.05, 0.1) is 22.8 Å². The molecule has 0 unspecified atom stereocenters. The van der Waals surface area contributed by atoms with Crippen molar-refractivity contribution < 1.29 is 0 Å². The van der Waals surface area contributed by atoms with E-state index in [1.54, 1.807) is 0 Å². The van der Waals surface area contributed by atoms with Crippen molar-refractivity contribution in [1.82, 2.24) is 19.9 Å². The van der Waals surface area contributed by atoms with Crippen molar-refractivity contribution in [2.24, 2.45) is 0 Å². The highest BCUT2D eigenvalue weighted by Crippen LogP contribution is 2.59.